The zero-order chi connectivity index (χ0) is 19.6. The molecule has 0 bridgehead atoms. The van der Waals surface area contributed by atoms with Crippen molar-refractivity contribution in [2.75, 3.05) is 13.7 Å². The Kier molecular flexibility index (Phi) is 6.05. The number of amides is 1. The second-order valence-corrected chi connectivity index (χ2v) is 6.93. The van der Waals surface area contributed by atoms with E-state index in [0.29, 0.717) is 29.1 Å². The van der Waals surface area contributed by atoms with E-state index in [9.17, 15) is 14.4 Å². The minimum Gasteiger partial charge on any atom is -0.464 e. The van der Waals surface area contributed by atoms with Crippen molar-refractivity contribution in [3.05, 3.63) is 35.2 Å². The number of hydrogen-bond donors (Lipinski definition) is 0. The zero-order valence-electron chi connectivity index (χ0n) is 16.3. The number of rotatable bonds is 7. The van der Waals surface area contributed by atoms with E-state index in [1.54, 1.807) is 43.4 Å². The predicted molar refractivity (Wildman–Crippen MR) is 99.3 cm³/mol. The van der Waals surface area contributed by atoms with Crippen molar-refractivity contribution in [1.29, 1.82) is 0 Å². The largest absolute Gasteiger partial charge is 0.464 e. The van der Waals surface area contributed by atoms with Crippen LogP contribution in [0.1, 0.15) is 58.3 Å². The van der Waals surface area contributed by atoms with E-state index >= 15 is 0 Å². The molecule has 0 saturated heterocycles. The summed E-state index contributed by atoms with van der Waals surface area (Å²) in [5.74, 6) is -0.626. The number of ether oxygens (including phenoxy) is 1. The summed E-state index contributed by atoms with van der Waals surface area (Å²) in [6.07, 6.45) is 4.46. The molecule has 1 aromatic heterocycles. The van der Waals surface area contributed by atoms with E-state index in [2.05, 4.69) is 6.58 Å². The summed E-state index contributed by atoms with van der Waals surface area (Å²) in [6, 6.07) is -0.619. The van der Waals surface area contributed by atoms with Gasteiger partial charge in [-0.05, 0) is 39.2 Å². The van der Waals surface area contributed by atoms with E-state index in [1.807, 2.05) is 0 Å². The van der Waals surface area contributed by atoms with E-state index < -0.39 is 12.0 Å². The van der Waals surface area contributed by atoms with Gasteiger partial charge in [0.05, 0.1) is 13.2 Å². The summed E-state index contributed by atoms with van der Waals surface area (Å²) in [5.41, 5.74) is 2.12. The van der Waals surface area contributed by atoms with Crippen LogP contribution in [0.2, 0.25) is 0 Å². The molecule has 6 heteroatoms. The molecule has 1 amide bonds. The van der Waals surface area contributed by atoms with Crippen LogP contribution in [-0.4, -0.2) is 46.8 Å². The van der Waals surface area contributed by atoms with Crippen molar-refractivity contribution in [2.24, 2.45) is 13.0 Å². The van der Waals surface area contributed by atoms with Gasteiger partial charge in [-0.2, -0.15) is 0 Å². The molecule has 1 aliphatic rings. The fourth-order valence-electron chi connectivity index (χ4n) is 3.54. The van der Waals surface area contributed by atoms with Gasteiger partial charge in [-0.15, -0.1) is 6.58 Å². The van der Waals surface area contributed by atoms with Crippen molar-refractivity contribution in [1.82, 2.24) is 9.47 Å². The minimum atomic E-state index is -0.619. The van der Waals surface area contributed by atoms with E-state index in [-0.39, 0.29) is 17.6 Å². The maximum Gasteiger partial charge on any atom is 0.354 e. The Bertz CT molecular complexity index is 743. The van der Waals surface area contributed by atoms with Crippen LogP contribution in [-0.2, 0) is 16.6 Å². The van der Waals surface area contributed by atoms with E-state index in [0.717, 1.165) is 19.3 Å². The van der Waals surface area contributed by atoms with Crippen LogP contribution in [0.25, 0.3) is 0 Å². The first-order valence-corrected chi connectivity index (χ1v) is 8.95. The highest BCUT2D eigenvalue weighted by atomic mass is 16.5. The molecule has 26 heavy (non-hydrogen) atoms. The predicted octanol–water partition coefficient (Wildman–Crippen LogP) is 2.81. The van der Waals surface area contributed by atoms with Gasteiger partial charge in [0.2, 0.25) is 5.91 Å². The molecule has 1 heterocycles. The summed E-state index contributed by atoms with van der Waals surface area (Å²) in [5, 5.41) is 0. The normalized spacial score (nSPS) is 15.1. The molecular weight excluding hydrogens is 332 g/mol. The smallest absolute Gasteiger partial charge is 0.354 e. The highest BCUT2D eigenvalue weighted by molar-refractivity contribution is 6.06. The van der Waals surface area contributed by atoms with Crippen LogP contribution in [0.15, 0.2) is 12.7 Å². The van der Waals surface area contributed by atoms with Gasteiger partial charge in [0, 0.05) is 30.8 Å². The van der Waals surface area contributed by atoms with Gasteiger partial charge in [0.15, 0.2) is 5.78 Å². The maximum absolute atomic E-state index is 13.2. The standard InChI is InChI=1S/C20H28N2O4/c1-7-11-22(19(24)15-9-8-10-15)14(4)18(23)16-12(2)17(20(25)26-6)21(5)13(16)3/h7,14-15H,1,8-11H2,2-6H3. The topological polar surface area (TPSA) is 68.6 Å². The first-order chi connectivity index (χ1) is 12.3. The Labute approximate surface area is 154 Å². The fourth-order valence-corrected chi connectivity index (χ4v) is 3.54. The Balaban J connectivity index is 2.38. The van der Waals surface area contributed by atoms with Crippen molar-refractivity contribution in [2.45, 2.75) is 46.1 Å². The van der Waals surface area contributed by atoms with Crippen LogP contribution in [0.3, 0.4) is 0 Å². The number of esters is 1. The molecule has 142 valence electrons. The molecule has 0 N–H and O–H groups in total. The maximum atomic E-state index is 13.2. The van der Waals surface area contributed by atoms with Crippen LogP contribution in [0.5, 0.6) is 0 Å². The fraction of sp³-hybridized carbons (Fsp3) is 0.550. The van der Waals surface area contributed by atoms with Gasteiger partial charge >= 0.3 is 5.97 Å². The number of nitrogens with zero attached hydrogens (tertiary/aromatic N) is 2. The third kappa shape index (κ3) is 3.32. The number of carbonyl (C=O) groups excluding carboxylic acids is 3. The third-order valence-electron chi connectivity index (χ3n) is 5.47. The van der Waals surface area contributed by atoms with Gasteiger partial charge in [-0.25, -0.2) is 4.79 Å². The van der Waals surface area contributed by atoms with Crippen LogP contribution < -0.4 is 0 Å². The van der Waals surface area contributed by atoms with Crippen LogP contribution >= 0.6 is 0 Å². The number of methoxy groups -OCH3 is 1. The SMILES string of the molecule is C=CCN(C(=O)C1CCC1)C(C)C(=O)c1c(C)c(C(=O)OC)n(C)c1C. The lowest BCUT2D eigenvalue weighted by Crippen LogP contribution is -2.47. The number of carbonyl (C=O) groups is 3. The second kappa shape index (κ2) is 7.89. The molecule has 1 atom stereocenters. The highest BCUT2D eigenvalue weighted by Gasteiger charge is 2.36. The van der Waals surface area contributed by atoms with E-state index in [4.69, 9.17) is 4.74 Å². The molecule has 6 nitrogen and oxygen atoms in total. The Hall–Kier alpha value is -2.37. The van der Waals surface area contributed by atoms with Gasteiger partial charge in [0.25, 0.3) is 0 Å². The lowest BCUT2D eigenvalue weighted by molar-refractivity contribution is -0.138. The molecule has 1 aromatic rings. The average molecular weight is 360 g/mol. The molecule has 0 aliphatic heterocycles. The van der Waals surface area contributed by atoms with Crippen molar-refractivity contribution in [3.63, 3.8) is 0 Å². The third-order valence-corrected chi connectivity index (χ3v) is 5.47. The Morgan fingerprint density at radius 1 is 1.35 bits per heavy atom. The van der Waals surface area contributed by atoms with Gasteiger partial charge in [-0.1, -0.05) is 12.5 Å². The highest BCUT2D eigenvalue weighted by Crippen LogP contribution is 2.30. The van der Waals surface area contributed by atoms with Gasteiger partial charge in [0.1, 0.15) is 5.69 Å². The molecule has 0 spiro atoms. The lowest BCUT2D eigenvalue weighted by Gasteiger charge is -2.34. The van der Waals surface area contributed by atoms with Crippen molar-refractivity contribution < 1.29 is 19.1 Å². The zero-order valence-corrected chi connectivity index (χ0v) is 16.3. The van der Waals surface area contributed by atoms with E-state index in [1.165, 1.54) is 7.11 Å². The monoisotopic (exact) mass is 360 g/mol. The molecule has 2 rings (SSSR count). The summed E-state index contributed by atoms with van der Waals surface area (Å²) in [4.78, 5) is 39.6. The molecule has 1 aliphatic carbocycles. The first kappa shape index (κ1) is 19.9. The second-order valence-electron chi connectivity index (χ2n) is 6.93. The first-order valence-electron chi connectivity index (χ1n) is 8.95. The number of ketones is 1. The summed E-state index contributed by atoms with van der Waals surface area (Å²) < 4.78 is 6.51. The summed E-state index contributed by atoms with van der Waals surface area (Å²) in [6.45, 7) is 9.33. The number of hydrogen-bond acceptors (Lipinski definition) is 4. The summed E-state index contributed by atoms with van der Waals surface area (Å²) in [7, 11) is 3.05. The lowest BCUT2D eigenvalue weighted by atomic mass is 9.84. The molecule has 1 fully saturated rings. The minimum absolute atomic E-state index is 0.00815. The average Bonchev–Trinajstić information content (AvgIpc) is 2.78. The van der Waals surface area contributed by atoms with Crippen molar-refractivity contribution in [3.8, 4) is 0 Å². The molecule has 1 saturated carbocycles. The molecule has 0 radical (unpaired) electrons. The van der Waals surface area contributed by atoms with Crippen LogP contribution in [0, 0.1) is 19.8 Å². The Morgan fingerprint density at radius 3 is 2.42 bits per heavy atom. The quantitative estimate of drug-likeness (QED) is 0.426. The summed E-state index contributed by atoms with van der Waals surface area (Å²) >= 11 is 0. The van der Waals surface area contributed by atoms with Crippen LogP contribution in [0.4, 0.5) is 0 Å². The van der Waals surface area contributed by atoms with Gasteiger partial charge < -0.3 is 14.2 Å². The number of aromatic nitrogens is 1. The Morgan fingerprint density at radius 2 is 1.96 bits per heavy atom. The van der Waals surface area contributed by atoms with Gasteiger partial charge in [-0.3, -0.25) is 9.59 Å². The number of Topliss-reactive ketones (excluding diaryl/α,β-unsaturated/α-hetero) is 1. The van der Waals surface area contributed by atoms with Crippen molar-refractivity contribution >= 4 is 17.7 Å². The molecule has 0 aromatic carbocycles. The molecule has 1 unspecified atom stereocenters. The molecular formula is C20H28N2O4.